The molecule has 4 atom stereocenters. The number of anilines is 1. The highest BCUT2D eigenvalue weighted by atomic mass is 35.5. The van der Waals surface area contributed by atoms with Gasteiger partial charge in [0.05, 0.1) is 30.4 Å². The fraction of sp³-hybridized carbons (Fsp3) is 0.429. The first-order valence-corrected chi connectivity index (χ1v) is 10.9. The third-order valence-corrected chi connectivity index (χ3v) is 5.85. The van der Waals surface area contributed by atoms with Crippen molar-refractivity contribution in [2.75, 3.05) is 31.7 Å². The quantitative estimate of drug-likeness (QED) is 0.367. The third kappa shape index (κ3) is 4.46. The maximum absolute atomic E-state index is 14.4. The predicted molar refractivity (Wildman–Crippen MR) is 115 cm³/mol. The highest BCUT2D eigenvalue weighted by molar-refractivity contribution is 6.33. The Labute approximate surface area is 196 Å². The molecule has 0 bridgehead atoms. The van der Waals surface area contributed by atoms with Gasteiger partial charge in [0.2, 0.25) is 0 Å². The van der Waals surface area contributed by atoms with E-state index < -0.39 is 36.1 Å². The van der Waals surface area contributed by atoms with E-state index in [1.54, 1.807) is 6.07 Å². The first kappa shape index (κ1) is 23.0. The lowest BCUT2D eigenvalue weighted by Crippen LogP contribution is -2.34. The molecule has 0 saturated carbocycles. The Hall–Kier alpha value is -2.77. The number of H-pyrrole nitrogens is 1. The van der Waals surface area contributed by atoms with Crippen LogP contribution in [0.2, 0.25) is 5.02 Å². The Balaban J connectivity index is 1.29. The molecule has 4 heterocycles. The summed E-state index contributed by atoms with van der Waals surface area (Å²) in [5, 5.41) is 21.6. The highest BCUT2D eigenvalue weighted by Gasteiger charge is 2.48. The summed E-state index contributed by atoms with van der Waals surface area (Å²) in [6, 6.07) is 3.81. The number of rotatable bonds is 8. The van der Waals surface area contributed by atoms with Crippen LogP contribution in [-0.4, -0.2) is 76.0 Å². The van der Waals surface area contributed by atoms with Crippen LogP contribution in [0, 0.1) is 11.6 Å². The summed E-state index contributed by atoms with van der Waals surface area (Å²) in [6.45, 7) is -0.153. The van der Waals surface area contributed by atoms with E-state index in [2.05, 4.69) is 20.3 Å². The number of aromatic nitrogens is 3. The minimum absolute atomic E-state index is 0.0223. The van der Waals surface area contributed by atoms with E-state index >= 15 is 0 Å². The highest BCUT2D eigenvalue weighted by Crippen LogP contribution is 2.31. The lowest BCUT2D eigenvalue weighted by atomic mass is 10.1. The van der Waals surface area contributed by atoms with Crippen molar-refractivity contribution >= 4 is 28.6 Å². The van der Waals surface area contributed by atoms with Crippen molar-refractivity contribution in [1.29, 1.82) is 0 Å². The number of nitrogens with one attached hydrogen (secondary N) is 2. The molecule has 2 fully saturated rings. The molecule has 1 aromatic carbocycles. The van der Waals surface area contributed by atoms with Crippen LogP contribution in [0.5, 0.6) is 11.8 Å². The van der Waals surface area contributed by atoms with Crippen LogP contribution in [0.1, 0.15) is 5.56 Å². The van der Waals surface area contributed by atoms with E-state index in [0.717, 1.165) is 12.1 Å². The summed E-state index contributed by atoms with van der Waals surface area (Å²) in [4.78, 5) is 11.6. The number of fused-ring (bicyclic) bond motifs is 2. The second kappa shape index (κ2) is 9.47. The number of imidazole rings is 1. The van der Waals surface area contributed by atoms with Gasteiger partial charge in [-0.15, -0.1) is 0 Å². The van der Waals surface area contributed by atoms with Crippen LogP contribution in [0.3, 0.4) is 0 Å². The van der Waals surface area contributed by atoms with Crippen molar-refractivity contribution in [3.05, 3.63) is 40.4 Å². The second-order valence-corrected chi connectivity index (χ2v) is 8.25. The SMILES string of the molecule is OCCOc1cc(F)c(CNc2nc3nc(O[C@@H]4COC5C4OC[C@H]5O)[nH]c3cc2Cl)c(F)c1. The Morgan fingerprint density at radius 2 is 1.91 bits per heavy atom. The first-order valence-electron chi connectivity index (χ1n) is 10.5. The van der Waals surface area contributed by atoms with Gasteiger partial charge in [-0.2, -0.15) is 4.98 Å². The smallest absolute Gasteiger partial charge is 0.296 e. The van der Waals surface area contributed by atoms with Gasteiger partial charge in [0.1, 0.15) is 48.1 Å². The summed E-state index contributed by atoms with van der Waals surface area (Å²) in [5.74, 6) is -1.47. The number of aliphatic hydroxyl groups is 2. The minimum Gasteiger partial charge on any atom is -0.491 e. The molecule has 13 heteroatoms. The minimum atomic E-state index is -0.815. The number of pyridine rings is 1. The summed E-state index contributed by atoms with van der Waals surface area (Å²) >= 11 is 6.29. The Morgan fingerprint density at radius 3 is 2.68 bits per heavy atom. The van der Waals surface area contributed by atoms with Gasteiger partial charge in [-0.25, -0.2) is 13.8 Å². The zero-order valence-corrected chi connectivity index (χ0v) is 18.4. The van der Waals surface area contributed by atoms with Gasteiger partial charge >= 0.3 is 0 Å². The molecule has 2 aromatic heterocycles. The molecule has 0 radical (unpaired) electrons. The van der Waals surface area contributed by atoms with E-state index in [1.165, 1.54) is 0 Å². The molecule has 182 valence electrons. The van der Waals surface area contributed by atoms with Crippen molar-refractivity contribution in [1.82, 2.24) is 15.0 Å². The maximum Gasteiger partial charge on any atom is 0.296 e. The van der Waals surface area contributed by atoms with Crippen molar-refractivity contribution in [2.24, 2.45) is 0 Å². The Bertz CT molecular complexity index is 1170. The van der Waals surface area contributed by atoms with E-state index in [9.17, 15) is 13.9 Å². The zero-order chi connectivity index (χ0) is 23.8. The molecular formula is C21H21ClF2N4O6. The first-order chi connectivity index (χ1) is 16.4. The maximum atomic E-state index is 14.4. The van der Waals surface area contributed by atoms with Crippen molar-refractivity contribution in [3.63, 3.8) is 0 Å². The van der Waals surface area contributed by atoms with Crippen molar-refractivity contribution in [2.45, 2.75) is 31.0 Å². The Kier molecular flexibility index (Phi) is 6.40. The van der Waals surface area contributed by atoms with Crippen LogP contribution in [-0.2, 0) is 16.0 Å². The number of hydrogen-bond donors (Lipinski definition) is 4. The molecule has 2 unspecified atom stereocenters. The molecule has 10 nitrogen and oxygen atoms in total. The number of benzene rings is 1. The largest absolute Gasteiger partial charge is 0.491 e. The number of halogens is 3. The molecule has 0 amide bonds. The average molecular weight is 499 g/mol. The lowest BCUT2D eigenvalue weighted by molar-refractivity contribution is 0.00706. The van der Waals surface area contributed by atoms with Gasteiger partial charge in [0, 0.05) is 24.2 Å². The van der Waals surface area contributed by atoms with Crippen molar-refractivity contribution in [3.8, 4) is 11.8 Å². The monoisotopic (exact) mass is 498 g/mol. The molecule has 3 aromatic rings. The van der Waals surface area contributed by atoms with E-state index in [4.69, 9.17) is 35.7 Å². The van der Waals surface area contributed by atoms with Crippen LogP contribution in [0.15, 0.2) is 18.2 Å². The summed E-state index contributed by atoms with van der Waals surface area (Å²) < 4.78 is 50.7. The predicted octanol–water partition coefficient (Wildman–Crippen LogP) is 1.78. The number of nitrogens with zero attached hydrogens (tertiary/aromatic N) is 2. The molecular weight excluding hydrogens is 478 g/mol. The number of aliphatic hydroxyl groups excluding tert-OH is 2. The Morgan fingerprint density at radius 1 is 1.15 bits per heavy atom. The molecule has 0 spiro atoms. The van der Waals surface area contributed by atoms with Gasteiger partial charge in [-0.1, -0.05) is 11.6 Å². The fourth-order valence-corrected chi connectivity index (χ4v) is 4.15. The van der Waals surface area contributed by atoms with Gasteiger partial charge < -0.3 is 39.5 Å². The van der Waals surface area contributed by atoms with Gasteiger partial charge in [0.25, 0.3) is 6.01 Å². The number of hydrogen-bond acceptors (Lipinski definition) is 9. The van der Waals surface area contributed by atoms with Gasteiger partial charge in [-0.3, -0.25) is 0 Å². The van der Waals surface area contributed by atoms with Crippen LogP contribution in [0.25, 0.3) is 11.2 Å². The standard InChI is InChI=1S/C21H21ClF2N4O6/c22-11-5-14-20(28-21(26-14)34-16-8-33-17-15(30)7-32-18(16)17)27-19(11)25-6-10-12(23)3-9(4-13(10)24)31-2-1-29/h3-5,15-18,29-30H,1-2,6-8H2,(H2,25,26,27,28)/t15-,16-,17?,18?/m1/s1. The molecule has 0 aliphatic carbocycles. The third-order valence-electron chi connectivity index (χ3n) is 5.56. The molecule has 2 aliphatic heterocycles. The molecule has 4 N–H and O–H groups in total. The summed E-state index contributed by atoms with van der Waals surface area (Å²) in [6.07, 6.45) is -1.98. The van der Waals surface area contributed by atoms with E-state index in [-0.39, 0.29) is 66.8 Å². The van der Waals surface area contributed by atoms with Gasteiger partial charge in [-0.05, 0) is 6.07 Å². The molecule has 34 heavy (non-hydrogen) atoms. The normalized spacial score (nSPS) is 23.9. The van der Waals surface area contributed by atoms with E-state index in [1.807, 2.05) is 0 Å². The van der Waals surface area contributed by atoms with E-state index in [0.29, 0.717) is 5.52 Å². The molecule has 2 aliphatic rings. The molecule has 2 saturated heterocycles. The van der Waals surface area contributed by atoms with Crippen LogP contribution < -0.4 is 14.8 Å². The number of ether oxygens (including phenoxy) is 4. The average Bonchev–Trinajstić information content (AvgIpc) is 3.48. The van der Waals surface area contributed by atoms with Crippen molar-refractivity contribution < 1.29 is 37.9 Å². The van der Waals surface area contributed by atoms with Crippen LogP contribution >= 0.6 is 11.6 Å². The summed E-state index contributed by atoms with van der Waals surface area (Å²) in [5.41, 5.74) is 0.546. The topological polar surface area (TPSA) is 131 Å². The fourth-order valence-electron chi connectivity index (χ4n) is 3.93. The van der Waals surface area contributed by atoms with Gasteiger partial charge in [0.15, 0.2) is 11.8 Å². The molecule has 5 rings (SSSR count). The lowest BCUT2D eigenvalue weighted by Gasteiger charge is -2.15. The van der Waals surface area contributed by atoms with Crippen LogP contribution in [0.4, 0.5) is 14.6 Å². The zero-order valence-electron chi connectivity index (χ0n) is 17.6. The second-order valence-electron chi connectivity index (χ2n) is 7.84. The summed E-state index contributed by atoms with van der Waals surface area (Å²) in [7, 11) is 0. The number of aromatic amines is 1.